The molecule has 0 spiro atoms. The number of hydrogen-bond acceptors (Lipinski definition) is 6. The quantitative estimate of drug-likeness (QED) is 0.378. The number of likely N-dealkylation sites (N-methyl/N-ethyl adjacent to an activating group) is 1. The molecular formula is C28H33N3O6S. The van der Waals surface area contributed by atoms with E-state index in [9.17, 15) is 18.0 Å². The van der Waals surface area contributed by atoms with Gasteiger partial charge in [0.2, 0.25) is 11.8 Å². The Balaban J connectivity index is 2.00. The van der Waals surface area contributed by atoms with E-state index in [2.05, 4.69) is 5.32 Å². The number of rotatable bonds is 12. The average molecular weight is 540 g/mol. The van der Waals surface area contributed by atoms with Crippen molar-refractivity contribution in [3.63, 3.8) is 0 Å². The number of benzene rings is 3. The molecule has 0 saturated heterocycles. The van der Waals surface area contributed by atoms with Gasteiger partial charge in [0.15, 0.2) is 0 Å². The summed E-state index contributed by atoms with van der Waals surface area (Å²) in [6.45, 7) is 3.38. The molecule has 10 heteroatoms. The molecule has 0 aliphatic heterocycles. The normalized spacial score (nSPS) is 11.8. The van der Waals surface area contributed by atoms with E-state index in [1.54, 1.807) is 81.6 Å². The van der Waals surface area contributed by atoms with E-state index >= 15 is 0 Å². The molecule has 0 aromatic heterocycles. The molecule has 0 saturated carbocycles. The summed E-state index contributed by atoms with van der Waals surface area (Å²) in [6, 6.07) is 20.6. The van der Waals surface area contributed by atoms with Crippen LogP contribution in [0.3, 0.4) is 0 Å². The summed E-state index contributed by atoms with van der Waals surface area (Å²) >= 11 is 0. The predicted molar refractivity (Wildman–Crippen MR) is 146 cm³/mol. The van der Waals surface area contributed by atoms with E-state index in [0.717, 1.165) is 9.87 Å². The molecule has 3 aromatic carbocycles. The van der Waals surface area contributed by atoms with E-state index in [0.29, 0.717) is 23.7 Å². The molecule has 0 radical (unpaired) electrons. The summed E-state index contributed by atoms with van der Waals surface area (Å²) in [5.41, 5.74) is 1.06. The van der Waals surface area contributed by atoms with Crippen molar-refractivity contribution in [2.75, 3.05) is 31.6 Å². The Kier molecular flexibility index (Phi) is 9.72. The van der Waals surface area contributed by atoms with Gasteiger partial charge in [-0.1, -0.05) is 30.3 Å². The first kappa shape index (κ1) is 28.5. The molecule has 9 nitrogen and oxygen atoms in total. The monoisotopic (exact) mass is 539 g/mol. The minimum atomic E-state index is -4.14. The Labute approximate surface area is 224 Å². The van der Waals surface area contributed by atoms with Gasteiger partial charge in [-0.3, -0.25) is 13.9 Å². The fourth-order valence-corrected chi connectivity index (χ4v) is 5.28. The van der Waals surface area contributed by atoms with Crippen LogP contribution in [0.2, 0.25) is 0 Å². The second kappa shape index (κ2) is 13.0. The maximum absolute atomic E-state index is 13.8. The van der Waals surface area contributed by atoms with Gasteiger partial charge in [0.05, 0.1) is 24.8 Å². The average Bonchev–Trinajstić information content (AvgIpc) is 2.94. The van der Waals surface area contributed by atoms with Crippen molar-refractivity contribution in [1.29, 1.82) is 0 Å². The maximum Gasteiger partial charge on any atom is 0.264 e. The molecule has 0 bridgehead atoms. The van der Waals surface area contributed by atoms with Crippen LogP contribution in [0.25, 0.3) is 0 Å². The summed E-state index contributed by atoms with van der Waals surface area (Å²) in [5, 5.41) is 2.74. The van der Waals surface area contributed by atoms with Crippen LogP contribution < -0.4 is 19.1 Å². The van der Waals surface area contributed by atoms with Crippen molar-refractivity contribution in [3.05, 3.63) is 84.4 Å². The van der Waals surface area contributed by atoms with Crippen LogP contribution in [0.1, 0.15) is 19.4 Å². The van der Waals surface area contributed by atoms with Gasteiger partial charge in [0, 0.05) is 13.1 Å². The molecular weight excluding hydrogens is 506 g/mol. The molecule has 0 aliphatic carbocycles. The van der Waals surface area contributed by atoms with Crippen molar-refractivity contribution in [2.24, 2.45) is 0 Å². The van der Waals surface area contributed by atoms with Gasteiger partial charge in [-0.2, -0.15) is 0 Å². The standard InChI is InChI=1S/C28H33N3O6S/c1-5-29-28(33)21(2)30(19-22-10-9-13-25(18-22)37-4)27(32)20-31(23-11-7-6-8-12-23)38(34,35)26-16-14-24(36-3)15-17-26/h6-18,21H,5,19-20H2,1-4H3,(H,29,33)/t21-/m1/s1. The molecule has 38 heavy (non-hydrogen) atoms. The van der Waals surface area contributed by atoms with Crippen LogP contribution in [-0.4, -0.2) is 58.5 Å². The highest BCUT2D eigenvalue weighted by atomic mass is 32.2. The molecule has 3 rings (SSSR count). The predicted octanol–water partition coefficient (Wildman–Crippen LogP) is 3.45. The highest BCUT2D eigenvalue weighted by Gasteiger charge is 2.32. The number of anilines is 1. The van der Waals surface area contributed by atoms with Crippen molar-refractivity contribution >= 4 is 27.5 Å². The zero-order valence-corrected chi connectivity index (χ0v) is 22.8. The highest BCUT2D eigenvalue weighted by molar-refractivity contribution is 7.92. The second-order valence-corrected chi connectivity index (χ2v) is 10.3. The molecule has 1 N–H and O–H groups in total. The lowest BCUT2D eigenvalue weighted by atomic mass is 10.1. The van der Waals surface area contributed by atoms with Crippen molar-refractivity contribution < 1.29 is 27.5 Å². The summed E-state index contributed by atoms with van der Waals surface area (Å²) in [6.07, 6.45) is 0. The molecule has 0 fully saturated rings. The van der Waals surface area contributed by atoms with Crippen molar-refractivity contribution in [2.45, 2.75) is 31.3 Å². The SMILES string of the molecule is CCNC(=O)[C@@H](C)N(Cc1cccc(OC)c1)C(=O)CN(c1ccccc1)S(=O)(=O)c1ccc(OC)cc1. The Morgan fingerprint density at radius 2 is 1.55 bits per heavy atom. The van der Waals surface area contributed by atoms with Crippen molar-refractivity contribution in [1.82, 2.24) is 10.2 Å². The Morgan fingerprint density at radius 3 is 2.16 bits per heavy atom. The first-order chi connectivity index (χ1) is 18.2. The topological polar surface area (TPSA) is 105 Å². The number of para-hydroxylation sites is 1. The van der Waals surface area contributed by atoms with Gasteiger partial charge >= 0.3 is 0 Å². The summed E-state index contributed by atoms with van der Waals surface area (Å²) in [5.74, 6) is 0.237. The Morgan fingerprint density at radius 1 is 0.895 bits per heavy atom. The number of methoxy groups -OCH3 is 2. The van der Waals surface area contributed by atoms with Gasteiger partial charge in [-0.05, 0) is 67.9 Å². The minimum Gasteiger partial charge on any atom is -0.497 e. The maximum atomic E-state index is 13.8. The smallest absolute Gasteiger partial charge is 0.264 e. The highest BCUT2D eigenvalue weighted by Crippen LogP contribution is 2.26. The number of amides is 2. The van der Waals surface area contributed by atoms with Crippen LogP contribution in [0.4, 0.5) is 5.69 Å². The summed E-state index contributed by atoms with van der Waals surface area (Å²) in [4.78, 5) is 27.9. The number of ether oxygens (including phenoxy) is 2. The zero-order chi connectivity index (χ0) is 27.7. The Bertz CT molecular complexity index is 1330. The first-order valence-electron chi connectivity index (χ1n) is 12.1. The molecule has 3 aromatic rings. The fourth-order valence-electron chi connectivity index (χ4n) is 3.87. The second-order valence-electron chi connectivity index (χ2n) is 8.47. The lowest BCUT2D eigenvalue weighted by Crippen LogP contribution is -2.51. The number of hydrogen-bond donors (Lipinski definition) is 1. The fraction of sp³-hybridized carbons (Fsp3) is 0.286. The lowest BCUT2D eigenvalue weighted by molar-refractivity contribution is -0.139. The van der Waals surface area contributed by atoms with E-state index < -0.39 is 28.5 Å². The lowest BCUT2D eigenvalue weighted by Gasteiger charge is -2.32. The summed E-state index contributed by atoms with van der Waals surface area (Å²) in [7, 11) is -1.10. The van der Waals surface area contributed by atoms with E-state index in [4.69, 9.17) is 9.47 Å². The molecule has 2 amide bonds. The number of sulfonamides is 1. The number of nitrogens with zero attached hydrogens (tertiary/aromatic N) is 2. The molecule has 0 unspecified atom stereocenters. The van der Waals surface area contributed by atoms with Gasteiger partial charge in [0.1, 0.15) is 24.1 Å². The van der Waals surface area contributed by atoms with E-state index in [-0.39, 0.29) is 17.3 Å². The van der Waals surface area contributed by atoms with Crippen LogP contribution in [0.15, 0.2) is 83.8 Å². The van der Waals surface area contributed by atoms with Gasteiger partial charge in [0.25, 0.3) is 10.0 Å². The largest absolute Gasteiger partial charge is 0.497 e. The van der Waals surface area contributed by atoms with Crippen LogP contribution in [-0.2, 0) is 26.2 Å². The third-order valence-corrected chi connectivity index (χ3v) is 7.76. The van der Waals surface area contributed by atoms with Crippen molar-refractivity contribution in [3.8, 4) is 11.5 Å². The Hall–Kier alpha value is -4.05. The first-order valence-corrected chi connectivity index (χ1v) is 13.6. The zero-order valence-electron chi connectivity index (χ0n) is 22.0. The molecule has 202 valence electrons. The van der Waals surface area contributed by atoms with Crippen LogP contribution in [0, 0.1) is 0 Å². The number of carbonyl (C=O) groups excluding carboxylic acids is 2. The molecule has 1 atom stereocenters. The third kappa shape index (κ3) is 6.83. The summed E-state index contributed by atoms with van der Waals surface area (Å²) < 4.78 is 39.0. The van der Waals surface area contributed by atoms with Gasteiger partial charge < -0.3 is 19.7 Å². The van der Waals surface area contributed by atoms with Gasteiger partial charge in [-0.15, -0.1) is 0 Å². The van der Waals surface area contributed by atoms with E-state index in [1.807, 2.05) is 6.07 Å². The number of carbonyl (C=O) groups is 2. The van der Waals surface area contributed by atoms with E-state index in [1.165, 1.54) is 24.1 Å². The van der Waals surface area contributed by atoms with Gasteiger partial charge in [-0.25, -0.2) is 8.42 Å². The number of nitrogens with one attached hydrogen (secondary N) is 1. The third-order valence-electron chi connectivity index (χ3n) is 5.98. The molecule has 0 aliphatic rings. The van der Waals surface area contributed by atoms with Crippen LogP contribution >= 0.6 is 0 Å². The van der Waals surface area contributed by atoms with Crippen LogP contribution in [0.5, 0.6) is 11.5 Å². The molecule has 0 heterocycles. The minimum absolute atomic E-state index is 0.00562.